The number of aryl methyl sites for hydroxylation is 2. The Morgan fingerprint density at radius 2 is 1.18 bits per heavy atom. The summed E-state index contributed by atoms with van der Waals surface area (Å²) in [5.74, 6) is -5.11. The van der Waals surface area contributed by atoms with E-state index in [1.54, 1.807) is 71.6 Å². The van der Waals surface area contributed by atoms with Crippen LogP contribution in [-0.2, 0) is 36.9 Å². The summed E-state index contributed by atoms with van der Waals surface area (Å²) in [6, 6.07) is 5.45. The van der Waals surface area contributed by atoms with Gasteiger partial charge in [-0.25, -0.2) is 18.2 Å². The number of nitrogens with zero attached hydrogens (tertiary/aromatic N) is 9. The molecule has 0 radical (unpaired) electrons. The number of hydrogen-bond acceptors (Lipinski definition) is 14. The topological polar surface area (TPSA) is 282 Å². The van der Waals surface area contributed by atoms with Gasteiger partial charge in [-0.1, -0.05) is 45.0 Å². The Balaban J connectivity index is 0.735. The third-order valence-electron chi connectivity index (χ3n) is 21.5. The quantitative estimate of drug-likeness (QED) is 0.0361. The molecule has 5 aliphatic carbocycles. The van der Waals surface area contributed by atoms with Gasteiger partial charge in [-0.2, -0.15) is 5.10 Å². The first-order valence-corrected chi connectivity index (χ1v) is 34.5. The highest BCUT2D eigenvalue weighted by Crippen LogP contribution is 2.52. The number of rotatable bonds is 28. The van der Waals surface area contributed by atoms with Crippen molar-refractivity contribution in [1.82, 2.24) is 65.9 Å². The molecule has 7 aliphatic rings. The van der Waals surface area contributed by atoms with E-state index in [2.05, 4.69) is 57.1 Å². The number of benzene rings is 2. The van der Waals surface area contributed by atoms with Crippen molar-refractivity contribution >= 4 is 58.8 Å². The van der Waals surface area contributed by atoms with E-state index in [4.69, 9.17) is 4.63 Å². The first-order valence-electron chi connectivity index (χ1n) is 34.5. The summed E-state index contributed by atoms with van der Waals surface area (Å²) in [7, 11) is 5.69. The summed E-state index contributed by atoms with van der Waals surface area (Å²) >= 11 is 0. The van der Waals surface area contributed by atoms with Gasteiger partial charge in [0.2, 0.25) is 29.5 Å². The number of nitrogens with one attached hydrogen (secondary N) is 6. The number of piperazine rings is 2. The lowest BCUT2D eigenvalue weighted by molar-refractivity contribution is -0.140. The van der Waals surface area contributed by atoms with Crippen LogP contribution < -0.4 is 31.9 Å². The standard InChI is InChI=1S/C69H95F2N15O9/c1-10-50-60(80-95-79-50)64(89)77-62(57(42-17-18-42)43-19-20-43)66(91)74-52-24-22-45(33-49(52)71)39(6)59(67(92)84-29-27-81(7)28-30-84)78-69(94)83(9)54-34-46(54)31-47-36-85(35-37(4)82(47)8)68(93)58(75-55(87)11-2)38(5)44-21-23-51(48(70)32-44)73-65(90)61(56(40-13-14-40)41-15-16-41)76-63(88)53-25-26-72-86(53)12-3/h21-26,32-33,37-43,46-47,54,56-59,61-62H,10-20,27-31,34-36H2,1-9H3,(H,73,90)(H,74,91)(H,75,87)(H,76,88)(H,77,89)(H,78,94)/t37-,38+,39+,46?,47+,54?,58-,59-,61+,62+/m1/s1. The van der Waals surface area contributed by atoms with Crippen LogP contribution in [0.2, 0.25) is 0 Å². The molecule has 0 bridgehead atoms. The van der Waals surface area contributed by atoms with Crippen molar-refractivity contribution in [3.63, 3.8) is 0 Å². The number of carbonyl (C=O) groups is 8. The molecule has 0 spiro atoms. The van der Waals surface area contributed by atoms with Gasteiger partial charge in [0.05, 0.1) is 11.4 Å². The van der Waals surface area contributed by atoms with E-state index in [9.17, 15) is 38.4 Å². The van der Waals surface area contributed by atoms with Gasteiger partial charge < -0.3 is 51.5 Å². The van der Waals surface area contributed by atoms with Crippen LogP contribution in [0.15, 0.2) is 53.3 Å². The molecule has 2 aromatic heterocycles. The maximum Gasteiger partial charge on any atom is 0.318 e. The fraction of sp³-hybridized carbons (Fsp3) is 0.638. The third-order valence-corrected chi connectivity index (χ3v) is 21.5. The smallest absolute Gasteiger partial charge is 0.318 e. The lowest BCUT2D eigenvalue weighted by Gasteiger charge is -2.45. The number of likely N-dealkylation sites (N-methyl/N-ethyl adjacent to an activating group) is 2. The Morgan fingerprint density at radius 3 is 1.68 bits per heavy atom. The fourth-order valence-electron chi connectivity index (χ4n) is 14.8. The molecule has 2 saturated heterocycles. The zero-order valence-electron chi connectivity index (χ0n) is 56.2. The second-order valence-electron chi connectivity index (χ2n) is 28.2. The number of amides is 9. The lowest BCUT2D eigenvalue weighted by Crippen LogP contribution is -2.61. The van der Waals surface area contributed by atoms with Crippen molar-refractivity contribution in [3.05, 3.63) is 88.5 Å². The van der Waals surface area contributed by atoms with Crippen molar-refractivity contribution < 1.29 is 51.8 Å². The van der Waals surface area contributed by atoms with E-state index >= 15 is 8.78 Å². The molecule has 95 heavy (non-hydrogen) atoms. The lowest BCUT2D eigenvalue weighted by atomic mass is 9.88. The minimum absolute atomic E-state index is 0.00280. The van der Waals surface area contributed by atoms with Gasteiger partial charge in [0.1, 0.15) is 47.2 Å². The molecule has 4 aromatic rings. The zero-order valence-corrected chi connectivity index (χ0v) is 56.2. The number of anilines is 2. The summed E-state index contributed by atoms with van der Waals surface area (Å²) < 4.78 is 39.3. The third kappa shape index (κ3) is 15.8. The van der Waals surface area contributed by atoms with Crippen molar-refractivity contribution in [2.75, 3.05) is 71.0 Å². The average Bonchev–Trinajstić information content (AvgIpc) is 1.74. The molecule has 26 heteroatoms. The molecule has 5 saturated carbocycles. The summed E-state index contributed by atoms with van der Waals surface area (Å²) in [6.45, 7) is 14.2. The van der Waals surface area contributed by atoms with Gasteiger partial charge in [0.25, 0.3) is 11.8 Å². The Kier molecular flexibility index (Phi) is 21.1. The highest BCUT2D eigenvalue weighted by atomic mass is 19.1. The molecular formula is C69H95F2N15O9. The van der Waals surface area contributed by atoms with Crippen LogP contribution >= 0.6 is 0 Å². The normalized spacial score (nSPS) is 22.6. The highest BCUT2D eigenvalue weighted by molar-refractivity contribution is 6.02. The van der Waals surface area contributed by atoms with Gasteiger partial charge in [0, 0.05) is 95.4 Å². The van der Waals surface area contributed by atoms with Crippen molar-refractivity contribution in [2.45, 2.75) is 179 Å². The van der Waals surface area contributed by atoms with Crippen molar-refractivity contribution in [2.24, 2.45) is 41.4 Å². The van der Waals surface area contributed by atoms with E-state index in [-0.39, 0.29) is 101 Å². The molecule has 10 atom stereocenters. The first-order chi connectivity index (χ1) is 45.5. The number of halogens is 2. The van der Waals surface area contributed by atoms with E-state index in [1.165, 1.54) is 24.3 Å². The van der Waals surface area contributed by atoms with E-state index in [1.807, 2.05) is 34.9 Å². The predicted octanol–water partition coefficient (Wildman–Crippen LogP) is 6.37. The molecule has 24 nitrogen and oxygen atoms in total. The molecule has 7 fully saturated rings. The highest BCUT2D eigenvalue weighted by Gasteiger charge is 2.51. The molecule has 2 unspecified atom stereocenters. The molecule has 514 valence electrons. The van der Waals surface area contributed by atoms with Crippen LogP contribution in [0.4, 0.5) is 25.0 Å². The minimum Gasteiger partial charge on any atom is -0.344 e. The molecule has 9 amide bonds. The van der Waals surface area contributed by atoms with Gasteiger partial charge in [-0.3, -0.25) is 43.1 Å². The van der Waals surface area contributed by atoms with Crippen molar-refractivity contribution in [1.29, 1.82) is 0 Å². The summed E-state index contributed by atoms with van der Waals surface area (Å²) in [5.41, 5.74) is 1.39. The number of carbonyl (C=O) groups excluding carboxylic acids is 8. The van der Waals surface area contributed by atoms with E-state index in [0.717, 1.165) is 51.4 Å². The average molecular weight is 1320 g/mol. The van der Waals surface area contributed by atoms with Crippen LogP contribution in [0.5, 0.6) is 0 Å². The minimum atomic E-state index is -1.09. The number of aromatic nitrogens is 4. The maximum atomic E-state index is 16.5. The summed E-state index contributed by atoms with van der Waals surface area (Å²) in [5, 5.41) is 29.3. The number of hydrogen-bond donors (Lipinski definition) is 6. The second-order valence-corrected chi connectivity index (χ2v) is 28.2. The van der Waals surface area contributed by atoms with Crippen LogP contribution in [0.25, 0.3) is 0 Å². The molecule has 4 heterocycles. The van der Waals surface area contributed by atoms with Gasteiger partial charge in [-0.05, 0) is 187 Å². The SMILES string of the molecule is CCC(=O)N[C@@H](C(=O)N1C[C@H](CC2CC2N(C)C(=O)N[C@@H](C(=O)N2CCN(C)CC2)[C@@H](C)c2ccc(NC(=O)[C@@H](NC(=O)c3nonc3CC)C(C3CC3)C3CC3)c(F)c2)N(C)[C@H](C)C1)[C@@H](C)c1ccc(NC(=O)[C@@H](NC(=O)c2ccnn2CC)C(C2CC2)C2CC2)c(F)c1. The molecule has 11 rings (SSSR count). The van der Waals surface area contributed by atoms with Crippen LogP contribution in [0, 0.1) is 53.1 Å². The molecular weight excluding hydrogens is 1220 g/mol. The summed E-state index contributed by atoms with van der Waals surface area (Å²) in [6.07, 6.45) is 10.9. The Hall–Kier alpha value is -7.87. The van der Waals surface area contributed by atoms with Crippen LogP contribution in [0.1, 0.15) is 162 Å². The fourth-order valence-corrected chi connectivity index (χ4v) is 14.8. The van der Waals surface area contributed by atoms with E-state index in [0.29, 0.717) is 87.6 Å². The molecule has 2 aliphatic heterocycles. The van der Waals surface area contributed by atoms with Crippen molar-refractivity contribution in [3.8, 4) is 0 Å². The molecule has 6 N–H and O–H groups in total. The predicted molar refractivity (Wildman–Crippen MR) is 349 cm³/mol. The Morgan fingerprint density at radius 1 is 0.653 bits per heavy atom. The number of urea groups is 1. The van der Waals surface area contributed by atoms with Crippen LogP contribution in [0.3, 0.4) is 0 Å². The first kappa shape index (κ1) is 68.5. The summed E-state index contributed by atoms with van der Waals surface area (Å²) in [4.78, 5) is 123. The Bertz CT molecular complexity index is 3460. The van der Waals surface area contributed by atoms with Gasteiger partial charge in [-0.15, -0.1) is 0 Å². The maximum absolute atomic E-state index is 16.5. The zero-order chi connectivity index (χ0) is 67.7. The largest absolute Gasteiger partial charge is 0.344 e. The molecule has 2 aromatic carbocycles. The Labute approximate surface area is 554 Å². The second kappa shape index (κ2) is 29.2. The van der Waals surface area contributed by atoms with Crippen LogP contribution in [-0.4, -0.2) is 195 Å². The monoisotopic (exact) mass is 1320 g/mol. The van der Waals surface area contributed by atoms with Gasteiger partial charge in [0.15, 0.2) is 5.69 Å². The van der Waals surface area contributed by atoms with Gasteiger partial charge >= 0.3 is 6.03 Å². The van der Waals surface area contributed by atoms with E-state index < -0.39 is 77.3 Å².